The van der Waals surface area contributed by atoms with Crippen molar-refractivity contribution in [3.8, 4) is 0 Å². The molecule has 3 aliphatic rings. The summed E-state index contributed by atoms with van der Waals surface area (Å²) >= 11 is 5.98. The minimum atomic E-state index is 0. The van der Waals surface area contributed by atoms with Crippen LogP contribution >= 0.6 is 24.0 Å². The first-order valence-corrected chi connectivity index (χ1v) is 7.38. The van der Waals surface area contributed by atoms with Gasteiger partial charge in [0.15, 0.2) is 0 Å². The second kappa shape index (κ2) is 5.21. The van der Waals surface area contributed by atoms with Crippen LogP contribution in [0.4, 0.5) is 0 Å². The molecule has 1 aromatic carbocycles. The fourth-order valence-electron chi connectivity index (χ4n) is 4.46. The number of hydrogen-bond donors (Lipinski definition) is 1. The number of rotatable bonds is 1. The Morgan fingerprint density at radius 3 is 2.65 bits per heavy atom. The van der Waals surface area contributed by atoms with E-state index in [1.807, 2.05) is 12.1 Å². The molecular weight excluding hydrogens is 295 g/mol. The second-order valence-corrected chi connectivity index (χ2v) is 6.42. The molecule has 3 fully saturated rings. The second-order valence-electron chi connectivity index (χ2n) is 5.98. The van der Waals surface area contributed by atoms with E-state index < -0.39 is 0 Å². The highest BCUT2D eigenvalue weighted by Gasteiger charge is 2.54. The van der Waals surface area contributed by atoms with Gasteiger partial charge in [-0.15, -0.1) is 12.4 Å². The van der Waals surface area contributed by atoms with Crippen LogP contribution in [-0.2, 0) is 0 Å². The number of benzene rings is 1. The first-order valence-electron chi connectivity index (χ1n) is 7.00. The van der Waals surface area contributed by atoms with E-state index in [2.05, 4.69) is 22.2 Å². The molecule has 3 aliphatic heterocycles. The quantitative estimate of drug-likeness (QED) is 0.636. The highest BCUT2D eigenvalue weighted by atomic mass is 35.5. The van der Waals surface area contributed by atoms with Crippen LogP contribution in [0.2, 0.25) is 5.02 Å². The first kappa shape index (κ1) is 14.2. The van der Waals surface area contributed by atoms with Gasteiger partial charge in [0.2, 0.25) is 0 Å². The zero-order valence-corrected chi connectivity index (χ0v) is 12.6. The Bertz CT molecular complexity index is 531. The van der Waals surface area contributed by atoms with Crippen LogP contribution in [-0.4, -0.2) is 34.4 Å². The van der Waals surface area contributed by atoms with Gasteiger partial charge in [-0.25, -0.2) is 0 Å². The summed E-state index contributed by atoms with van der Waals surface area (Å²) in [6.07, 6.45) is 3.73. The Balaban J connectivity index is 0.00000121. The summed E-state index contributed by atoms with van der Waals surface area (Å²) in [5.74, 6) is 0.879. The fraction of sp³-hybridized carbons (Fsp3) is 0.533. The molecule has 0 spiro atoms. The summed E-state index contributed by atoms with van der Waals surface area (Å²) in [6.45, 7) is 0.862. The van der Waals surface area contributed by atoms with Crippen LogP contribution in [0.1, 0.15) is 30.7 Å². The molecule has 1 N–H and O–H groups in total. The van der Waals surface area contributed by atoms with E-state index in [0.29, 0.717) is 23.9 Å². The van der Waals surface area contributed by atoms with E-state index >= 15 is 0 Å². The summed E-state index contributed by atoms with van der Waals surface area (Å²) in [6, 6.07) is 9.46. The lowest BCUT2D eigenvalue weighted by atomic mass is 9.77. The molecule has 4 rings (SSSR count). The van der Waals surface area contributed by atoms with E-state index in [9.17, 15) is 5.21 Å². The van der Waals surface area contributed by atoms with Gasteiger partial charge in [0.25, 0.3) is 0 Å². The van der Waals surface area contributed by atoms with Crippen LogP contribution in [0.5, 0.6) is 0 Å². The molecule has 3 heterocycles. The van der Waals surface area contributed by atoms with Gasteiger partial charge < -0.3 is 5.21 Å². The summed E-state index contributed by atoms with van der Waals surface area (Å²) in [7, 11) is 0. The molecule has 0 saturated carbocycles. The molecule has 1 aromatic rings. The first-order chi connectivity index (χ1) is 9.28. The van der Waals surface area contributed by atoms with Gasteiger partial charge in [-0.05, 0) is 42.9 Å². The summed E-state index contributed by atoms with van der Waals surface area (Å²) < 4.78 is 0. The molecule has 3 nitrogen and oxygen atoms in total. The molecule has 1 unspecified atom stereocenters. The molecule has 4 bridgehead atoms. The van der Waals surface area contributed by atoms with Gasteiger partial charge in [0.05, 0.1) is 5.71 Å². The zero-order valence-electron chi connectivity index (χ0n) is 11.1. The minimum absolute atomic E-state index is 0. The molecule has 0 amide bonds. The number of halogens is 2. The van der Waals surface area contributed by atoms with Gasteiger partial charge >= 0.3 is 0 Å². The zero-order chi connectivity index (χ0) is 13.0. The van der Waals surface area contributed by atoms with Crippen LogP contribution < -0.4 is 0 Å². The van der Waals surface area contributed by atoms with E-state index in [-0.39, 0.29) is 12.4 Å². The van der Waals surface area contributed by atoms with Crippen molar-refractivity contribution in [1.82, 2.24) is 4.90 Å². The fourth-order valence-corrected chi connectivity index (χ4v) is 4.58. The summed E-state index contributed by atoms with van der Waals surface area (Å²) in [5, 5.41) is 13.7. The van der Waals surface area contributed by atoms with Gasteiger partial charge in [-0.2, -0.15) is 0 Å². The largest absolute Gasteiger partial charge is 0.411 e. The SMILES string of the molecule is Cl.ON=C1CN2[C@H]3CC[C@@H]2[C@@H]1[C@H](c1ccc(Cl)cc1)C3. The molecule has 5 heteroatoms. The highest BCUT2D eigenvalue weighted by molar-refractivity contribution is 6.30. The Morgan fingerprint density at radius 1 is 1.20 bits per heavy atom. The van der Waals surface area contributed by atoms with E-state index in [1.54, 1.807) is 0 Å². The molecule has 0 radical (unpaired) electrons. The average Bonchev–Trinajstić information content (AvgIpc) is 2.85. The summed E-state index contributed by atoms with van der Waals surface area (Å²) in [5.41, 5.74) is 2.32. The maximum absolute atomic E-state index is 9.29. The molecule has 20 heavy (non-hydrogen) atoms. The third kappa shape index (κ3) is 1.95. The molecule has 3 saturated heterocycles. The number of hydrogen-bond acceptors (Lipinski definition) is 3. The summed E-state index contributed by atoms with van der Waals surface area (Å²) in [4.78, 5) is 2.55. The van der Waals surface area contributed by atoms with Crippen molar-refractivity contribution in [3.63, 3.8) is 0 Å². The Kier molecular flexibility index (Phi) is 3.69. The predicted molar refractivity (Wildman–Crippen MR) is 82.3 cm³/mol. The molecule has 108 valence electrons. The maximum Gasteiger partial charge on any atom is 0.0763 e. The van der Waals surface area contributed by atoms with Crippen molar-refractivity contribution in [2.75, 3.05) is 6.54 Å². The Morgan fingerprint density at radius 2 is 1.95 bits per heavy atom. The van der Waals surface area contributed by atoms with Gasteiger partial charge in [-0.1, -0.05) is 28.9 Å². The van der Waals surface area contributed by atoms with Crippen LogP contribution in [0.25, 0.3) is 0 Å². The number of piperidine rings is 1. The molecular formula is C15H18Cl2N2O. The normalized spacial score (nSPS) is 39.9. The Hall–Kier alpha value is -0.770. The smallest absolute Gasteiger partial charge is 0.0763 e. The van der Waals surface area contributed by atoms with Crippen LogP contribution in [0.15, 0.2) is 29.4 Å². The van der Waals surface area contributed by atoms with Gasteiger partial charge in [0, 0.05) is 29.6 Å². The lowest BCUT2D eigenvalue weighted by Gasteiger charge is -2.36. The number of oxime groups is 1. The van der Waals surface area contributed by atoms with Gasteiger partial charge in [-0.3, -0.25) is 4.90 Å². The van der Waals surface area contributed by atoms with Crippen LogP contribution in [0.3, 0.4) is 0 Å². The van der Waals surface area contributed by atoms with Crippen molar-refractivity contribution in [3.05, 3.63) is 34.9 Å². The molecule has 0 aromatic heterocycles. The van der Waals surface area contributed by atoms with Crippen molar-refractivity contribution in [1.29, 1.82) is 0 Å². The Labute approximate surface area is 130 Å². The van der Waals surface area contributed by atoms with Crippen LogP contribution in [0, 0.1) is 5.92 Å². The van der Waals surface area contributed by atoms with Gasteiger partial charge in [0.1, 0.15) is 0 Å². The van der Waals surface area contributed by atoms with E-state index in [0.717, 1.165) is 17.3 Å². The minimum Gasteiger partial charge on any atom is -0.411 e. The standard InChI is InChI=1S/C15H17ClN2O.ClH/c16-10-3-1-9(2-4-10)12-7-11-5-6-14-15(12)13(17-19)8-18(11)14;/h1-4,11-12,14-15,19H,5-8H2;1H/t11-,12-,14+,15+;/m0./s1. The topological polar surface area (TPSA) is 35.8 Å². The number of nitrogens with zero attached hydrogens (tertiary/aromatic N) is 2. The van der Waals surface area contributed by atoms with Crippen molar-refractivity contribution in [2.24, 2.45) is 11.1 Å². The van der Waals surface area contributed by atoms with Crippen molar-refractivity contribution >= 4 is 29.7 Å². The monoisotopic (exact) mass is 312 g/mol. The third-order valence-corrected chi connectivity index (χ3v) is 5.47. The lowest BCUT2D eigenvalue weighted by molar-refractivity contribution is 0.154. The van der Waals surface area contributed by atoms with E-state index in [1.165, 1.54) is 24.8 Å². The molecule has 5 atom stereocenters. The van der Waals surface area contributed by atoms with Crippen molar-refractivity contribution in [2.45, 2.75) is 37.3 Å². The van der Waals surface area contributed by atoms with Crippen molar-refractivity contribution < 1.29 is 5.21 Å². The predicted octanol–water partition coefficient (Wildman–Crippen LogP) is 3.54. The molecule has 0 aliphatic carbocycles. The maximum atomic E-state index is 9.29. The third-order valence-electron chi connectivity index (χ3n) is 5.22. The lowest BCUT2D eigenvalue weighted by Crippen LogP contribution is -2.40. The van der Waals surface area contributed by atoms with E-state index in [4.69, 9.17) is 11.6 Å². The average molecular weight is 313 g/mol. The highest BCUT2D eigenvalue weighted by Crippen LogP contribution is 2.51.